The molecule has 0 aromatic rings. The Balaban J connectivity index is 4.71. The predicted octanol–water partition coefficient (Wildman–Crippen LogP) is 4.26. The molecule has 0 fully saturated rings. The van der Waals surface area contributed by atoms with Crippen molar-refractivity contribution in [1.29, 1.82) is 0 Å². The summed E-state index contributed by atoms with van der Waals surface area (Å²) in [6.45, 7) is 13.4. The first-order chi connectivity index (χ1) is 7.27. The standard InChI is InChI=1S/C14H26OSi/c1-7-8-9-10-11-13(12-15)16(5,6)14(2,3)4/h12-13H,7-9H2,1-6H3/t13-/m0/s1. The highest BCUT2D eigenvalue weighted by Crippen LogP contribution is 2.42. The van der Waals surface area contributed by atoms with Gasteiger partial charge in [0.1, 0.15) is 6.29 Å². The summed E-state index contributed by atoms with van der Waals surface area (Å²) >= 11 is 0. The summed E-state index contributed by atoms with van der Waals surface area (Å²) < 4.78 is 0. The Morgan fingerprint density at radius 1 is 1.31 bits per heavy atom. The van der Waals surface area contributed by atoms with Crippen LogP contribution in [0.4, 0.5) is 0 Å². The molecule has 0 aromatic heterocycles. The van der Waals surface area contributed by atoms with E-state index in [-0.39, 0.29) is 10.6 Å². The van der Waals surface area contributed by atoms with Crippen molar-refractivity contribution in [3.8, 4) is 11.8 Å². The predicted molar refractivity (Wildman–Crippen MR) is 74.3 cm³/mol. The maximum absolute atomic E-state index is 11.2. The Kier molecular flexibility index (Phi) is 6.03. The Morgan fingerprint density at radius 2 is 1.88 bits per heavy atom. The van der Waals surface area contributed by atoms with E-state index in [1.807, 2.05) is 0 Å². The molecular weight excluding hydrogens is 212 g/mol. The number of rotatable bonds is 4. The Labute approximate surface area is 102 Å². The highest BCUT2D eigenvalue weighted by Gasteiger charge is 2.41. The molecular formula is C14H26OSi. The van der Waals surface area contributed by atoms with Crippen molar-refractivity contribution in [2.45, 2.75) is 70.6 Å². The minimum absolute atomic E-state index is 0.0237. The van der Waals surface area contributed by atoms with Crippen LogP contribution < -0.4 is 0 Å². The molecule has 92 valence electrons. The van der Waals surface area contributed by atoms with E-state index < -0.39 is 8.07 Å². The van der Waals surface area contributed by atoms with Gasteiger partial charge in [-0.3, -0.25) is 0 Å². The molecule has 0 amide bonds. The SMILES string of the molecule is CCCCC#C[C@@H](C=O)[Si](C)(C)C(C)(C)C. The van der Waals surface area contributed by atoms with Crippen molar-refractivity contribution >= 4 is 14.4 Å². The maximum atomic E-state index is 11.2. The minimum atomic E-state index is -1.64. The second kappa shape index (κ2) is 6.25. The van der Waals surface area contributed by atoms with Gasteiger partial charge in [-0.2, -0.15) is 0 Å². The first-order valence-electron chi connectivity index (χ1n) is 6.21. The van der Waals surface area contributed by atoms with Crippen molar-refractivity contribution in [2.24, 2.45) is 0 Å². The molecule has 0 aliphatic heterocycles. The van der Waals surface area contributed by atoms with Gasteiger partial charge in [-0.15, -0.1) is 5.92 Å². The Hall–Kier alpha value is -0.553. The number of hydrogen-bond acceptors (Lipinski definition) is 1. The molecule has 0 saturated heterocycles. The fourth-order valence-electron chi connectivity index (χ4n) is 1.30. The lowest BCUT2D eigenvalue weighted by atomic mass is 10.2. The molecule has 0 aliphatic carbocycles. The lowest BCUT2D eigenvalue weighted by Gasteiger charge is -2.38. The second-order valence-electron chi connectivity index (χ2n) is 6.01. The molecule has 0 aromatic carbocycles. The van der Waals surface area contributed by atoms with Gasteiger partial charge >= 0.3 is 0 Å². The average Bonchev–Trinajstić information content (AvgIpc) is 2.16. The van der Waals surface area contributed by atoms with E-state index in [9.17, 15) is 4.79 Å². The van der Waals surface area contributed by atoms with E-state index in [2.05, 4.69) is 52.6 Å². The summed E-state index contributed by atoms with van der Waals surface area (Å²) in [4.78, 5) is 11.2. The van der Waals surface area contributed by atoms with Crippen LogP contribution in [0, 0.1) is 11.8 Å². The van der Waals surface area contributed by atoms with E-state index >= 15 is 0 Å². The van der Waals surface area contributed by atoms with Gasteiger partial charge in [0.25, 0.3) is 0 Å². The van der Waals surface area contributed by atoms with Gasteiger partial charge < -0.3 is 4.79 Å². The van der Waals surface area contributed by atoms with Gasteiger partial charge in [0.2, 0.25) is 0 Å². The van der Waals surface area contributed by atoms with Crippen molar-refractivity contribution in [3.63, 3.8) is 0 Å². The third-order valence-corrected chi connectivity index (χ3v) is 9.46. The molecule has 0 saturated carbocycles. The second-order valence-corrected chi connectivity index (χ2v) is 11.6. The molecule has 0 spiro atoms. The summed E-state index contributed by atoms with van der Waals surface area (Å²) in [6, 6.07) is 0. The molecule has 1 atom stereocenters. The summed E-state index contributed by atoms with van der Waals surface area (Å²) in [5.41, 5.74) is -0.0237. The zero-order valence-electron chi connectivity index (χ0n) is 11.7. The fourth-order valence-corrected chi connectivity index (χ4v) is 3.03. The van der Waals surface area contributed by atoms with Gasteiger partial charge in [-0.1, -0.05) is 53.1 Å². The lowest BCUT2D eigenvalue weighted by Crippen LogP contribution is -2.42. The normalized spacial score (nSPS) is 13.9. The van der Waals surface area contributed by atoms with Crippen LogP contribution in [0.3, 0.4) is 0 Å². The molecule has 1 nitrogen and oxygen atoms in total. The van der Waals surface area contributed by atoms with Crippen LogP contribution in [0.5, 0.6) is 0 Å². The smallest absolute Gasteiger partial charge is 0.132 e. The maximum Gasteiger partial charge on any atom is 0.132 e. The molecule has 0 heterocycles. The van der Waals surface area contributed by atoms with E-state index in [1.54, 1.807) is 0 Å². The van der Waals surface area contributed by atoms with Gasteiger partial charge in [0.15, 0.2) is 0 Å². The average molecular weight is 238 g/mol. The zero-order chi connectivity index (χ0) is 12.8. The summed E-state index contributed by atoms with van der Waals surface area (Å²) in [5, 5.41) is 0.220. The van der Waals surface area contributed by atoms with E-state index in [0.29, 0.717) is 0 Å². The van der Waals surface area contributed by atoms with Crippen LogP contribution in [0.25, 0.3) is 0 Å². The molecule has 2 heteroatoms. The van der Waals surface area contributed by atoms with Crippen molar-refractivity contribution in [3.05, 3.63) is 0 Å². The first kappa shape index (κ1) is 15.4. The Morgan fingerprint density at radius 3 is 2.25 bits per heavy atom. The summed E-state index contributed by atoms with van der Waals surface area (Å²) in [7, 11) is -1.64. The third kappa shape index (κ3) is 4.13. The molecule has 0 N–H and O–H groups in total. The number of aldehydes is 1. The van der Waals surface area contributed by atoms with E-state index in [4.69, 9.17) is 0 Å². The monoisotopic (exact) mass is 238 g/mol. The van der Waals surface area contributed by atoms with Gasteiger partial charge in [-0.05, 0) is 11.5 Å². The molecule has 0 unspecified atom stereocenters. The molecule has 0 aliphatic rings. The van der Waals surface area contributed by atoms with E-state index in [1.165, 1.54) is 6.42 Å². The van der Waals surface area contributed by atoms with Crippen LogP contribution in [0.1, 0.15) is 47.0 Å². The molecule has 16 heavy (non-hydrogen) atoms. The van der Waals surface area contributed by atoms with Crippen molar-refractivity contribution in [1.82, 2.24) is 0 Å². The van der Waals surface area contributed by atoms with Crippen molar-refractivity contribution < 1.29 is 4.79 Å². The van der Waals surface area contributed by atoms with Gasteiger partial charge in [0, 0.05) is 6.42 Å². The minimum Gasteiger partial charge on any atom is -0.302 e. The Bertz CT molecular complexity index is 275. The highest BCUT2D eigenvalue weighted by molar-refractivity contribution is 6.84. The summed E-state index contributed by atoms with van der Waals surface area (Å²) in [6.07, 6.45) is 4.29. The van der Waals surface area contributed by atoms with Gasteiger partial charge in [-0.25, -0.2) is 0 Å². The largest absolute Gasteiger partial charge is 0.302 e. The first-order valence-corrected chi connectivity index (χ1v) is 9.28. The van der Waals surface area contributed by atoms with Crippen LogP contribution in [0.15, 0.2) is 0 Å². The molecule has 0 rings (SSSR count). The van der Waals surface area contributed by atoms with Crippen LogP contribution in [-0.4, -0.2) is 14.4 Å². The highest BCUT2D eigenvalue weighted by atomic mass is 28.3. The zero-order valence-corrected chi connectivity index (χ0v) is 12.7. The van der Waals surface area contributed by atoms with Crippen LogP contribution in [-0.2, 0) is 4.79 Å². The third-order valence-electron chi connectivity index (χ3n) is 3.76. The topological polar surface area (TPSA) is 17.1 Å². The number of carbonyl (C=O) groups excluding carboxylic acids is 1. The van der Waals surface area contributed by atoms with Gasteiger partial charge in [0.05, 0.1) is 13.6 Å². The van der Waals surface area contributed by atoms with Crippen LogP contribution in [0.2, 0.25) is 23.7 Å². The quantitative estimate of drug-likeness (QED) is 0.309. The fraction of sp³-hybridized carbons (Fsp3) is 0.786. The number of hydrogen-bond donors (Lipinski definition) is 0. The van der Waals surface area contributed by atoms with Crippen molar-refractivity contribution in [2.75, 3.05) is 0 Å². The molecule has 0 bridgehead atoms. The molecule has 0 radical (unpaired) electrons. The van der Waals surface area contributed by atoms with E-state index in [0.717, 1.165) is 19.1 Å². The number of unbranched alkanes of at least 4 members (excludes halogenated alkanes) is 2. The van der Waals surface area contributed by atoms with Crippen LogP contribution >= 0.6 is 0 Å². The number of carbonyl (C=O) groups is 1. The lowest BCUT2D eigenvalue weighted by molar-refractivity contribution is -0.107. The summed E-state index contributed by atoms with van der Waals surface area (Å²) in [5.74, 6) is 6.36.